The van der Waals surface area contributed by atoms with Crippen LogP contribution in [0.4, 0.5) is 10.5 Å². The zero-order chi connectivity index (χ0) is 24.2. The molecule has 7 heteroatoms. The summed E-state index contributed by atoms with van der Waals surface area (Å²) in [5.74, 6) is -0.265. The standard InChI is InChI=1S/C27H26N2O5/c1-4-17-7-11-19(12-8-17)29-26(31)23(25(30)28-27(29)32)16-22-21-15-20(33-5-2)13-9-18(21)10-14-24(22)34-6-3/h7-16H,4-6H2,1-3H3,(H,28,30,32)/b23-16+. The lowest BCUT2D eigenvalue weighted by Crippen LogP contribution is -2.54. The van der Waals surface area contributed by atoms with E-state index >= 15 is 0 Å². The molecule has 1 saturated heterocycles. The molecule has 0 unspecified atom stereocenters. The van der Waals surface area contributed by atoms with E-state index in [1.807, 2.05) is 57.2 Å². The number of amides is 4. The van der Waals surface area contributed by atoms with E-state index < -0.39 is 17.8 Å². The number of hydrogen-bond donors (Lipinski definition) is 1. The number of nitrogens with one attached hydrogen (secondary N) is 1. The predicted molar refractivity (Wildman–Crippen MR) is 131 cm³/mol. The first-order chi connectivity index (χ1) is 16.5. The van der Waals surface area contributed by atoms with Crippen LogP contribution in [0.2, 0.25) is 0 Å². The van der Waals surface area contributed by atoms with E-state index in [2.05, 4.69) is 5.32 Å². The van der Waals surface area contributed by atoms with E-state index in [0.717, 1.165) is 27.7 Å². The Morgan fingerprint density at radius 2 is 1.59 bits per heavy atom. The lowest BCUT2D eigenvalue weighted by molar-refractivity contribution is -0.122. The van der Waals surface area contributed by atoms with Gasteiger partial charge in [0.05, 0.1) is 18.9 Å². The average molecular weight is 459 g/mol. The van der Waals surface area contributed by atoms with E-state index in [4.69, 9.17) is 9.47 Å². The van der Waals surface area contributed by atoms with Crippen molar-refractivity contribution in [1.29, 1.82) is 0 Å². The van der Waals surface area contributed by atoms with E-state index in [-0.39, 0.29) is 5.57 Å². The van der Waals surface area contributed by atoms with Crippen molar-refractivity contribution in [3.63, 3.8) is 0 Å². The van der Waals surface area contributed by atoms with Crippen LogP contribution < -0.4 is 19.7 Å². The second-order valence-electron chi connectivity index (χ2n) is 7.70. The quantitative estimate of drug-likeness (QED) is 0.404. The van der Waals surface area contributed by atoms with Crippen LogP contribution in [-0.2, 0) is 16.0 Å². The molecule has 0 aromatic heterocycles. The number of urea groups is 1. The molecule has 1 fully saturated rings. The van der Waals surface area contributed by atoms with Gasteiger partial charge < -0.3 is 9.47 Å². The molecule has 0 bridgehead atoms. The maximum Gasteiger partial charge on any atom is 0.335 e. The van der Waals surface area contributed by atoms with Crippen LogP contribution >= 0.6 is 0 Å². The molecule has 1 N–H and O–H groups in total. The number of carbonyl (C=O) groups excluding carboxylic acids is 3. The first kappa shape index (κ1) is 23.0. The molecule has 4 amide bonds. The number of barbiturate groups is 1. The number of fused-ring (bicyclic) bond motifs is 1. The molecule has 3 aromatic carbocycles. The summed E-state index contributed by atoms with van der Waals surface area (Å²) in [6.07, 6.45) is 2.32. The highest BCUT2D eigenvalue weighted by atomic mass is 16.5. The van der Waals surface area contributed by atoms with Gasteiger partial charge in [0.25, 0.3) is 11.8 Å². The Morgan fingerprint density at radius 1 is 0.882 bits per heavy atom. The molecule has 0 radical (unpaired) electrons. The van der Waals surface area contributed by atoms with E-state index in [9.17, 15) is 14.4 Å². The molecular formula is C27H26N2O5. The van der Waals surface area contributed by atoms with Gasteiger partial charge in [0.1, 0.15) is 17.1 Å². The summed E-state index contributed by atoms with van der Waals surface area (Å²) in [4.78, 5) is 39.7. The summed E-state index contributed by atoms with van der Waals surface area (Å²) in [6.45, 7) is 6.68. The van der Waals surface area contributed by atoms with Gasteiger partial charge in [0, 0.05) is 5.56 Å². The maximum absolute atomic E-state index is 13.4. The fourth-order valence-electron chi connectivity index (χ4n) is 3.91. The highest BCUT2D eigenvalue weighted by Gasteiger charge is 2.37. The number of imide groups is 2. The SMILES string of the molecule is CCOc1ccc2ccc(OCC)c(/C=C3\C(=O)NC(=O)N(c4ccc(CC)cc4)C3=O)c2c1. The van der Waals surface area contributed by atoms with Crippen LogP contribution in [-0.4, -0.2) is 31.1 Å². The van der Waals surface area contributed by atoms with Gasteiger partial charge in [0.15, 0.2) is 0 Å². The first-order valence-corrected chi connectivity index (χ1v) is 11.3. The minimum absolute atomic E-state index is 0.158. The van der Waals surface area contributed by atoms with E-state index in [0.29, 0.717) is 36.0 Å². The monoisotopic (exact) mass is 458 g/mol. The smallest absolute Gasteiger partial charge is 0.335 e. The molecule has 0 spiro atoms. The van der Waals surface area contributed by atoms with Gasteiger partial charge in [-0.25, -0.2) is 9.69 Å². The molecule has 7 nitrogen and oxygen atoms in total. The lowest BCUT2D eigenvalue weighted by atomic mass is 9.99. The number of aryl methyl sites for hydroxylation is 1. The van der Waals surface area contributed by atoms with Gasteiger partial charge in [-0.15, -0.1) is 0 Å². The van der Waals surface area contributed by atoms with Crippen LogP contribution in [0, 0.1) is 0 Å². The van der Waals surface area contributed by atoms with Gasteiger partial charge in [0.2, 0.25) is 0 Å². The number of hydrogen-bond acceptors (Lipinski definition) is 5. The molecule has 1 aliphatic heterocycles. The van der Waals surface area contributed by atoms with E-state index in [1.165, 1.54) is 6.08 Å². The van der Waals surface area contributed by atoms with Crippen LogP contribution in [0.5, 0.6) is 11.5 Å². The van der Waals surface area contributed by atoms with Crippen LogP contribution in [0.1, 0.15) is 31.9 Å². The Kier molecular flexibility index (Phi) is 6.63. The van der Waals surface area contributed by atoms with Crippen molar-refractivity contribution in [1.82, 2.24) is 5.32 Å². The molecule has 3 aromatic rings. The number of ether oxygens (including phenoxy) is 2. The lowest BCUT2D eigenvalue weighted by Gasteiger charge is -2.26. The van der Waals surface area contributed by atoms with Gasteiger partial charge >= 0.3 is 6.03 Å². The number of nitrogens with zero attached hydrogens (tertiary/aromatic N) is 1. The summed E-state index contributed by atoms with van der Waals surface area (Å²) in [5.41, 5.74) is 1.87. The second kappa shape index (κ2) is 9.79. The van der Waals surface area contributed by atoms with Crippen LogP contribution in [0.3, 0.4) is 0 Å². The molecule has 0 atom stereocenters. The molecule has 1 heterocycles. The molecule has 174 valence electrons. The zero-order valence-corrected chi connectivity index (χ0v) is 19.4. The van der Waals surface area contributed by atoms with Crippen molar-refractivity contribution in [2.45, 2.75) is 27.2 Å². The predicted octanol–water partition coefficient (Wildman–Crippen LogP) is 4.87. The van der Waals surface area contributed by atoms with Crippen molar-refractivity contribution in [2.24, 2.45) is 0 Å². The fourth-order valence-corrected chi connectivity index (χ4v) is 3.91. The van der Waals surface area contributed by atoms with Gasteiger partial charge in [-0.2, -0.15) is 0 Å². The fraction of sp³-hybridized carbons (Fsp3) is 0.222. The molecule has 0 aliphatic carbocycles. The largest absolute Gasteiger partial charge is 0.494 e. The van der Waals surface area contributed by atoms with Crippen molar-refractivity contribution < 1.29 is 23.9 Å². The third-order valence-corrected chi connectivity index (χ3v) is 5.60. The number of rotatable bonds is 7. The third-order valence-electron chi connectivity index (χ3n) is 5.60. The zero-order valence-electron chi connectivity index (χ0n) is 19.4. The van der Waals surface area contributed by atoms with Crippen LogP contribution in [0.25, 0.3) is 16.8 Å². The number of anilines is 1. The average Bonchev–Trinajstić information content (AvgIpc) is 2.83. The Labute approximate surface area is 198 Å². The maximum atomic E-state index is 13.4. The summed E-state index contributed by atoms with van der Waals surface area (Å²) in [7, 11) is 0. The molecular weight excluding hydrogens is 432 g/mol. The minimum atomic E-state index is -0.780. The van der Waals surface area contributed by atoms with Crippen LogP contribution in [0.15, 0.2) is 60.2 Å². The number of carbonyl (C=O) groups is 3. The summed E-state index contributed by atoms with van der Waals surface area (Å²) >= 11 is 0. The highest BCUT2D eigenvalue weighted by molar-refractivity contribution is 6.39. The summed E-state index contributed by atoms with van der Waals surface area (Å²) < 4.78 is 11.5. The van der Waals surface area contributed by atoms with Crippen molar-refractivity contribution in [3.8, 4) is 11.5 Å². The Bertz CT molecular complexity index is 1290. The Balaban J connectivity index is 1.85. The highest BCUT2D eigenvalue weighted by Crippen LogP contribution is 2.34. The van der Waals surface area contributed by atoms with Crippen molar-refractivity contribution >= 4 is 40.4 Å². The Morgan fingerprint density at radius 3 is 2.26 bits per heavy atom. The first-order valence-electron chi connectivity index (χ1n) is 11.3. The van der Waals surface area contributed by atoms with Gasteiger partial charge in [-0.05, 0) is 73.0 Å². The Hall–Kier alpha value is -4.13. The van der Waals surface area contributed by atoms with E-state index in [1.54, 1.807) is 18.2 Å². The second-order valence-corrected chi connectivity index (χ2v) is 7.70. The molecule has 34 heavy (non-hydrogen) atoms. The topological polar surface area (TPSA) is 84.9 Å². The van der Waals surface area contributed by atoms with Crippen molar-refractivity contribution in [3.05, 3.63) is 71.3 Å². The molecule has 1 aliphatic rings. The minimum Gasteiger partial charge on any atom is -0.494 e. The van der Waals surface area contributed by atoms with Gasteiger partial charge in [-0.3, -0.25) is 14.9 Å². The summed E-state index contributed by atoms with van der Waals surface area (Å²) in [6, 6.07) is 15.6. The van der Waals surface area contributed by atoms with Gasteiger partial charge in [-0.1, -0.05) is 31.2 Å². The molecule has 0 saturated carbocycles. The summed E-state index contributed by atoms with van der Waals surface area (Å²) in [5, 5.41) is 3.94. The normalized spacial score (nSPS) is 15.1. The molecule has 4 rings (SSSR count). The third kappa shape index (κ3) is 4.37. The van der Waals surface area contributed by atoms with Crippen molar-refractivity contribution in [2.75, 3.05) is 18.1 Å². The number of benzene rings is 3.